The van der Waals surface area contributed by atoms with Crippen molar-refractivity contribution in [3.63, 3.8) is 0 Å². The summed E-state index contributed by atoms with van der Waals surface area (Å²) in [6, 6.07) is 10.4. The fourth-order valence-electron chi connectivity index (χ4n) is 2.31. The Morgan fingerprint density at radius 3 is 2.52 bits per heavy atom. The van der Waals surface area contributed by atoms with Gasteiger partial charge in [0.25, 0.3) is 5.91 Å². The third kappa shape index (κ3) is 3.51. The quantitative estimate of drug-likeness (QED) is 0.808. The van der Waals surface area contributed by atoms with Crippen molar-refractivity contribution in [1.29, 1.82) is 0 Å². The SMILES string of the molecule is O=C1Nc2ccc(Br)cc2C1=CS(=O)(=O)Cc1ccc(F)cc1. The molecule has 0 bridgehead atoms. The number of hydrogen-bond acceptors (Lipinski definition) is 3. The molecule has 7 heteroatoms. The standard InChI is InChI=1S/C16H11BrFNO3S/c17-11-3-6-15-13(7-11)14(16(20)19-15)9-23(21,22)8-10-1-4-12(18)5-2-10/h1-7,9H,8H2,(H,19,20). The predicted molar refractivity (Wildman–Crippen MR) is 89.8 cm³/mol. The van der Waals surface area contributed by atoms with Crippen molar-refractivity contribution >= 4 is 42.9 Å². The Morgan fingerprint density at radius 2 is 1.83 bits per heavy atom. The van der Waals surface area contributed by atoms with Crippen LogP contribution in [-0.4, -0.2) is 14.3 Å². The molecule has 1 heterocycles. The first-order valence-corrected chi connectivity index (χ1v) is 9.15. The van der Waals surface area contributed by atoms with E-state index in [9.17, 15) is 17.6 Å². The van der Waals surface area contributed by atoms with E-state index in [1.165, 1.54) is 24.3 Å². The third-order valence-corrected chi connectivity index (χ3v) is 5.17. The molecule has 0 spiro atoms. The number of carbonyl (C=O) groups excluding carboxylic acids is 1. The number of fused-ring (bicyclic) bond motifs is 1. The van der Waals surface area contributed by atoms with Gasteiger partial charge in [0.2, 0.25) is 0 Å². The summed E-state index contributed by atoms with van der Waals surface area (Å²) in [4.78, 5) is 12.0. The molecule has 0 fully saturated rings. The molecule has 0 saturated heterocycles. The van der Waals surface area contributed by atoms with Gasteiger partial charge in [-0.05, 0) is 35.9 Å². The average Bonchev–Trinajstić information content (AvgIpc) is 2.77. The van der Waals surface area contributed by atoms with Gasteiger partial charge in [-0.15, -0.1) is 0 Å². The highest BCUT2D eigenvalue weighted by Gasteiger charge is 2.26. The first-order valence-electron chi connectivity index (χ1n) is 6.64. The molecule has 0 saturated carbocycles. The minimum Gasteiger partial charge on any atom is -0.321 e. The average molecular weight is 396 g/mol. The third-order valence-electron chi connectivity index (χ3n) is 3.34. The maximum absolute atomic E-state index is 12.9. The predicted octanol–water partition coefficient (Wildman–Crippen LogP) is 3.50. The van der Waals surface area contributed by atoms with Crippen molar-refractivity contribution in [3.8, 4) is 0 Å². The van der Waals surface area contributed by atoms with Crippen molar-refractivity contribution in [1.82, 2.24) is 0 Å². The van der Waals surface area contributed by atoms with Crippen LogP contribution in [0.2, 0.25) is 0 Å². The van der Waals surface area contributed by atoms with Crippen LogP contribution in [0, 0.1) is 5.82 Å². The van der Waals surface area contributed by atoms with E-state index in [-0.39, 0.29) is 11.3 Å². The van der Waals surface area contributed by atoms with Crippen LogP contribution >= 0.6 is 15.9 Å². The summed E-state index contributed by atoms with van der Waals surface area (Å²) in [5.41, 5.74) is 1.66. The van der Waals surface area contributed by atoms with Gasteiger partial charge in [-0.3, -0.25) is 4.79 Å². The van der Waals surface area contributed by atoms with Crippen molar-refractivity contribution in [2.45, 2.75) is 5.75 Å². The molecule has 1 aliphatic rings. The van der Waals surface area contributed by atoms with Crippen LogP contribution in [0.3, 0.4) is 0 Å². The van der Waals surface area contributed by atoms with Crippen LogP contribution < -0.4 is 5.32 Å². The van der Waals surface area contributed by atoms with Gasteiger partial charge in [0.1, 0.15) is 5.82 Å². The minimum absolute atomic E-state index is 0.100. The van der Waals surface area contributed by atoms with E-state index < -0.39 is 21.6 Å². The molecule has 0 aliphatic carbocycles. The van der Waals surface area contributed by atoms with Crippen LogP contribution in [-0.2, 0) is 20.4 Å². The van der Waals surface area contributed by atoms with Crippen LogP contribution in [0.1, 0.15) is 11.1 Å². The zero-order valence-electron chi connectivity index (χ0n) is 11.7. The van der Waals surface area contributed by atoms with Crippen LogP contribution in [0.15, 0.2) is 52.3 Å². The molecule has 1 amide bonds. The van der Waals surface area contributed by atoms with Gasteiger partial charge in [-0.25, -0.2) is 12.8 Å². The number of anilines is 1. The molecular formula is C16H11BrFNO3S. The Kier molecular flexibility index (Phi) is 4.08. The minimum atomic E-state index is -3.68. The molecule has 0 unspecified atom stereocenters. The molecule has 4 nitrogen and oxygen atoms in total. The van der Waals surface area contributed by atoms with E-state index in [1.54, 1.807) is 18.2 Å². The summed E-state index contributed by atoms with van der Waals surface area (Å²) >= 11 is 3.30. The molecule has 0 radical (unpaired) electrons. The summed E-state index contributed by atoms with van der Waals surface area (Å²) in [5, 5.41) is 3.60. The number of halogens is 2. The summed E-state index contributed by atoms with van der Waals surface area (Å²) in [6.45, 7) is 0. The topological polar surface area (TPSA) is 63.2 Å². The highest BCUT2D eigenvalue weighted by atomic mass is 79.9. The lowest BCUT2D eigenvalue weighted by atomic mass is 10.1. The molecule has 1 N–H and O–H groups in total. The number of rotatable bonds is 3. The number of nitrogens with one attached hydrogen (secondary N) is 1. The molecule has 2 aromatic carbocycles. The number of benzene rings is 2. The maximum atomic E-state index is 12.9. The van der Waals surface area contributed by atoms with Gasteiger partial charge in [-0.1, -0.05) is 28.1 Å². The number of hydrogen-bond donors (Lipinski definition) is 1. The molecule has 118 valence electrons. The van der Waals surface area contributed by atoms with E-state index in [4.69, 9.17) is 0 Å². The first-order chi connectivity index (χ1) is 10.8. The van der Waals surface area contributed by atoms with E-state index in [0.717, 1.165) is 9.88 Å². The summed E-state index contributed by atoms with van der Waals surface area (Å²) in [6.07, 6.45) is 0. The Bertz CT molecular complexity index is 921. The summed E-state index contributed by atoms with van der Waals surface area (Å²) < 4.78 is 38.3. The van der Waals surface area contributed by atoms with Crippen molar-refractivity contribution < 1.29 is 17.6 Å². The lowest BCUT2D eigenvalue weighted by molar-refractivity contribution is -0.110. The molecule has 3 rings (SSSR count). The molecule has 1 aliphatic heterocycles. The molecule has 0 aromatic heterocycles. The monoisotopic (exact) mass is 395 g/mol. The van der Waals surface area contributed by atoms with Crippen LogP contribution in [0.25, 0.3) is 5.57 Å². The van der Waals surface area contributed by atoms with Crippen LogP contribution in [0.4, 0.5) is 10.1 Å². The Balaban J connectivity index is 1.96. The lowest BCUT2D eigenvalue weighted by Gasteiger charge is -2.02. The van der Waals surface area contributed by atoms with Crippen LogP contribution in [0.5, 0.6) is 0 Å². The highest BCUT2D eigenvalue weighted by Crippen LogP contribution is 2.34. The zero-order chi connectivity index (χ0) is 16.6. The molecule has 2 aromatic rings. The Morgan fingerprint density at radius 1 is 1.13 bits per heavy atom. The van der Waals surface area contributed by atoms with Gasteiger partial charge in [0.15, 0.2) is 9.84 Å². The second-order valence-corrected chi connectivity index (χ2v) is 7.87. The molecule has 23 heavy (non-hydrogen) atoms. The van der Waals surface area contributed by atoms with E-state index in [1.807, 2.05) is 0 Å². The first kappa shape index (κ1) is 15.9. The van der Waals surface area contributed by atoms with Crippen molar-refractivity contribution in [3.05, 3.63) is 69.3 Å². The van der Waals surface area contributed by atoms with E-state index in [0.29, 0.717) is 16.8 Å². The van der Waals surface area contributed by atoms with Crippen molar-refractivity contribution in [2.75, 3.05) is 5.32 Å². The van der Waals surface area contributed by atoms with E-state index in [2.05, 4.69) is 21.2 Å². The van der Waals surface area contributed by atoms with Gasteiger partial charge >= 0.3 is 0 Å². The summed E-state index contributed by atoms with van der Waals surface area (Å²) in [7, 11) is -3.68. The van der Waals surface area contributed by atoms with Gasteiger partial charge in [0.05, 0.1) is 11.3 Å². The Hall–Kier alpha value is -1.99. The fraction of sp³-hybridized carbons (Fsp3) is 0.0625. The second-order valence-electron chi connectivity index (χ2n) is 5.11. The van der Waals surface area contributed by atoms with E-state index >= 15 is 0 Å². The zero-order valence-corrected chi connectivity index (χ0v) is 14.1. The van der Waals surface area contributed by atoms with Crippen molar-refractivity contribution in [2.24, 2.45) is 0 Å². The smallest absolute Gasteiger partial charge is 0.257 e. The van der Waals surface area contributed by atoms with Gasteiger partial charge in [0, 0.05) is 21.1 Å². The number of carbonyl (C=O) groups is 1. The van der Waals surface area contributed by atoms with Gasteiger partial charge < -0.3 is 5.32 Å². The van der Waals surface area contributed by atoms with Gasteiger partial charge in [-0.2, -0.15) is 0 Å². The highest BCUT2D eigenvalue weighted by molar-refractivity contribution is 9.10. The normalized spacial score (nSPS) is 15.6. The number of amides is 1. The summed E-state index contributed by atoms with van der Waals surface area (Å²) in [5.74, 6) is -1.19. The molecule has 0 atom stereocenters. The maximum Gasteiger partial charge on any atom is 0.257 e. The number of sulfone groups is 1. The fourth-order valence-corrected chi connectivity index (χ4v) is 4.01. The second kappa shape index (κ2) is 5.90. The largest absolute Gasteiger partial charge is 0.321 e. The lowest BCUT2D eigenvalue weighted by Crippen LogP contribution is -2.07. The molecular weight excluding hydrogens is 385 g/mol. The Labute approximate surface area is 141 Å².